The summed E-state index contributed by atoms with van der Waals surface area (Å²) in [6.45, 7) is 3.62. The number of hydrogen-bond acceptors (Lipinski definition) is 1. The second-order valence-corrected chi connectivity index (χ2v) is 4.70. The van der Waals surface area contributed by atoms with E-state index in [-0.39, 0.29) is 12.0 Å². The lowest BCUT2D eigenvalue weighted by atomic mass is 10.0. The number of benzene rings is 1. The van der Waals surface area contributed by atoms with Gasteiger partial charge in [0.1, 0.15) is 5.69 Å². The Morgan fingerprint density at radius 1 is 1.26 bits per heavy atom. The Morgan fingerprint density at radius 3 is 2.42 bits per heavy atom. The third-order valence-electron chi connectivity index (χ3n) is 3.25. The Morgan fingerprint density at radius 2 is 1.89 bits per heavy atom. The fraction of sp³-hybridized carbons (Fsp3) is 0.357. The fourth-order valence-corrected chi connectivity index (χ4v) is 2.70. The van der Waals surface area contributed by atoms with Crippen LogP contribution in [0.15, 0.2) is 12.1 Å². The molecule has 100 valence electrons. The summed E-state index contributed by atoms with van der Waals surface area (Å²) in [5.41, 5.74) is 1.57. The van der Waals surface area contributed by atoms with Gasteiger partial charge in [0.25, 0.3) is 0 Å². The van der Waals surface area contributed by atoms with Crippen molar-refractivity contribution in [2.45, 2.75) is 26.4 Å². The minimum atomic E-state index is -4.46. The van der Waals surface area contributed by atoms with Gasteiger partial charge in [-0.15, -0.1) is 0 Å². The molecule has 0 bridgehead atoms. The van der Waals surface area contributed by atoms with Crippen molar-refractivity contribution in [3.05, 3.63) is 34.5 Å². The van der Waals surface area contributed by atoms with Crippen LogP contribution < -0.4 is 0 Å². The van der Waals surface area contributed by atoms with E-state index in [1.807, 2.05) is 19.1 Å². The van der Waals surface area contributed by atoms with E-state index >= 15 is 0 Å². The van der Waals surface area contributed by atoms with E-state index in [9.17, 15) is 13.2 Å². The number of nitriles is 1. The Bertz CT molecular complexity index is 687. The SMILES string of the molecule is Cc1cc(C)c2c(c1)c(CC#N)c(C(F)(F)F)n2C. The molecule has 0 aliphatic rings. The molecule has 0 aliphatic heterocycles. The zero-order valence-corrected chi connectivity index (χ0v) is 10.9. The second kappa shape index (κ2) is 4.30. The average molecular weight is 266 g/mol. The number of nitrogens with zero attached hydrogens (tertiary/aromatic N) is 2. The van der Waals surface area contributed by atoms with Crippen LogP contribution in [0, 0.1) is 25.2 Å². The highest BCUT2D eigenvalue weighted by Gasteiger charge is 2.38. The Balaban J connectivity index is 2.97. The maximum atomic E-state index is 13.2. The summed E-state index contributed by atoms with van der Waals surface area (Å²) in [6.07, 6.45) is -4.70. The summed E-state index contributed by atoms with van der Waals surface area (Å²) in [4.78, 5) is 0. The summed E-state index contributed by atoms with van der Waals surface area (Å²) in [5, 5.41) is 9.31. The second-order valence-electron chi connectivity index (χ2n) is 4.70. The molecule has 1 aromatic heterocycles. The summed E-state index contributed by atoms with van der Waals surface area (Å²) in [5.74, 6) is 0. The highest BCUT2D eigenvalue weighted by Crippen LogP contribution is 2.39. The zero-order chi connectivity index (χ0) is 14.4. The van der Waals surface area contributed by atoms with E-state index < -0.39 is 11.9 Å². The molecule has 0 unspecified atom stereocenters. The van der Waals surface area contributed by atoms with E-state index in [4.69, 9.17) is 5.26 Å². The molecule has 0 aliphatic carbocycles. The molecule has 0 fully saturated rings. The number of halogens is 3. The van der Waals surface area contributed by atoms with Gasteiger partial charge in [0.15, 0.2) is 0 Å². The van der Waals surface area contributed by atoms with Crippen molar-refractivity contribution in [1.29, 1.82) is 5.26 Å². The van der Waals surface area contributed by atoms with Gasteiger partial charge in [-0.2, -0.15) is 18.4 Å². The standard InChI is InChI=1S/C14H13F3N2/c1-8-6-9(2)12-11(7-8)10(4-5-18)13(19(12)3)14(15,16)17/h6-7H,4H2,1-3H3. The summed E-state index contributed by atoms with van der Waals surface area (Å²) >= 11 is 0. The van der Waals surface area contributed by atoms with Crippen LogP contribution in [0.5, 0.6) is 0 Å². The predicted molar refractivity (Wildman–Crippen MR) is 66.7 cm³/mol. The number of hydrogen-bond donors (Lipinski definition) is 0. The smallest absolute Gasteiger partial charge is 0.340 e. The molecular weight excluding hydrogens is 253 g/mol. The maximum absolute atomic E-state index is 13.2. The first-order valence-corrected chi connectivity index (χ1v) is 5.80. The normalized spacial score (nSPS) is 11.8. The van der Waals surface area contributed by atoms with Gasteiger partial charge in [0.2, 0.25) is 0 Å². The molecule has 2 aromatic rings. The summed E-state index contributed by atoms with van der Waals surface area (Å²) in [7, 11) is 1.40. The molecule has 0 radical (unpaired) electrons. The van der Waals surface area contributed by atoms with E-state index in [1.54, 1.807) is 13.0 Å². The van der Waals surface area contributed by atoms with Crippen molar-refractivity contribution in [1.82, 2.24) is 4.57 Å². The van der Waals surface area contributed by atoms with Gasteiger partial charge in [-0.25, -0.2) is 0 Å². The van der Waals surface area contributed by atoms with Crippen molar-refractivity contribution in [3.63, 3.8) is 0 Å². The Labute approximate surface area is 109 Å². The van der Waals surface area contributed by atoms with E-state index in [1.165, 1.54) is 7.05 Å². The molecule has 2 nitrogen and oxygen atoms in total. The molecule has 0 atom stereocenters. The lowest BCUT2D eigenvalue weighted by molar-refractivity contribution is -0.143. The molecule has 0 amide bonds. The lowest BCUT2D eigenvalue weighted by Crippen LogP contribution is -2.13. The molecule has 1 heterocycles. The van der Waals surface area contributed by atoms with Crippen molar-refractivity contribution in [2.24, 2.45) is 7.05 Å². The van der Waals surface area contributed by atoms with Crippen molar-refractivity contribution in [2.75, 3.05) is 0 Å². The lowest BCUT2D eigenvalue weighted by Gasteiger charge is -2.10. The van der Waals surface area contributed by atoms with Gasteiger partial charge in [-0.05, 0) is 25.5 Å². The van der Waals surface area contributed by atoms with E-state index in [0.29, 0.717) is 10.9 Å². The number of aromatic nitrogens is 1. The van der Waals surface area contributed by atoms with Crippen LogP contribution in [0.2, 0.25) is 0 Å². The molecular formula is C14H13F3N2. The third kappa shape index (κ3) is 2.07. The fourth-order valence-electron chi connectivity index (χ4n) is 2.70. The molecule has 0 saturated heterocycles. The molecule has 0 saturated carbocycles. The van der Waals surface area contributed by atoms with Gasteiger partial charge in [0.05, 0.1) is 18.0 Å². The van der Waals surface area contributed by atoms with Gasteiger partial charge in [-0.3, -0.25) is 0 Å². The molecule has 5 heteroatoms. The first-order chi connectivity index (χ1) is 8.77. The number of aryl methyl sites for hydroxylation is 3. The van der Waals surface area contributed by atoms with Gasteiger partial charge in [-0.1, -0.05) is 11.6 Å². The van der Waals surface area contributed by atoms with Crippen molar-refractivity contribution >= 4 is 10.9 Å². The Kier molecular flexibility index (Phi) is 3.05. The van der Waals surface area contributed by atoms with Crippen LogP contribution in [-0.2, 0) is 19.6 Å². The van der Waals surface area contributed by atoms with Crippen molar-refractivity contribution < 1.29 is 13.2 Å². The largest absolute Gasteiger partial charge is 0.431 e. The van der Waals surface area contributed by atoms with Crippen LogP contribution in [-0.4, -0.2) is 4.57 Å². The average Bonchev–Trinajstić information content (AvgIpc) is 2.51. The van der Waals surface area contributed by atoms with Gasteiger partial charge >= 0.3 is 6.18 Å². The Hall–Kier alpha value is -1.96. The first kappa shape index (κ1) is 13.5. The summed E-state index contributed by atoms with van der Waals surface area (Å²) in [6, 6.07) is 5.39. The topological polar surface area (TPSA) is 28.7 Å². The summed E-state index contributed by atoms with van der Waals surface area (Å²) < 4.78 is 40.7. The predicted octanol–water partition coefficient (Wildman–Crippen LogP) is 3.88. The highest BCUT2D eigenvalue weighted by molar-refractivity contribution is 5.89. The number of rotatable bonds is 1. The zero-order valence-electron chi connectivity index (χ0n) is 10.9. The van der Waals surface area contributed by atoms with E-state index in [2.05, 4.69) is 0 Å². The van der Waals surface area contributed by atoms with Crippen LogP contribution in [0.4, 0.5) is 13.2 Å². The third-order valence-corrected chi connectivity index (χ3v) is 3.25. The van der Waals surface area contributed by atoms with Crippen LogP contribution >= 0.6 is 0 Å². The van der Waals surface area contributed by atoms with Crippen LogP contribution in [0.1, 0.15) is 22.4 Å². The molecule has 19 heavy (non-hydrogen) atoms. The highest BCUT2D eigenvalue weighted by atomic mass is 19.4. The van der Waals surface area contributed by atoms with Crippen molar-refractivity contribution in [3.8, 4) is 6.07 Å². The van der Waals surface area contributed by atoms with Gasteiger partial charge < -0.3 is 4.57 Å². The number of fused-ring (bicyclic) bond motifs is 1. The minimum Gasteiger partial charge on any atom is -0.340 e. The monoisotopic (exact) mass is 266 g/mol. The molecule has 1 aromatic carbocycles. The molecule has 0 spiro atoms. The number of alkyl halides is 3. The maximum Gasteiger partial charge on any atom is 0.431 e. The minimum absolute atomic E-state index is 0.0688. The van der Waals surface area contributed by atoms with Crippen LogP contribution in [0.3, 0.4) is 0 Å². The quantitative estimate of drug-likeness (QED) is 0.770. The molecule has 2 rings (SSSR count). The van der Waals surface area contributed by atoms with E-state index in [0.717, 1.165) is 15.7 Å². The molecule has 0 N–H and O–H groups in total. The van der Waals surface area contributed by atoms with Crippen LogP contribution in [0.25, 0.3) is 10.9 Å². The first-order valence-electron chi connectivity index (χ1n) is 5.80. The van der Waals surface area contributed by atoms with Gasteiger partial charge in [0, 0.05) is 18.0 Å².